The molecule has 1 atom stereocenters. The van der Waals surface area contributed by atoms with Gasteiger partial charge in [-0.25, -0.2) is 4.79 Å². The van der Waals surface area contributed by atoms with Gasteiger partial charge in [0.2, 0.25) is 11.8 Å². The van der Waals surface area contributed by atoms with Crippen molar-refractivity contribution in [2.75, 3.05) is 20.8 Å². The summed E-state index contributed by atoms with van der Waals surface area (Å²) in [5.74, 6) is -0.351. The Morgan fingerprint density at radius 2 is 1.84 bits per heavy atom. The van der Waals surface area contributed by atoms with Gasteiger partial charge in [-0.2, -0.15) is 0 Å². The Labute approximate surface area is 147 Å². The molecule has 0 bridgehead atoms. The normalized spacial score (nSPS) is 18.1. The number of urea groups is 1. The summed E-state index contributed by atoms with van der Waals surface area (Å²) in [7, 11) is 3.07. The number of rotatable bonds is 7. The molecule has 1 N–H and O–H groups in total. The number of hydrogen-bond acceptors (Lipinski definition) is 5. The van der Waals surface area contributed by atoms with Crippen LogP contribution in [0.1, 0.15) is 38.4 Å². The Morgan fingerprint density at radius 1 is 1.16 bits per heavy atom. The molecule has 0 saturated carbocycles. The predicted octanol–water partition coefficient (Wildman–Crippen LogP) is 2.27. The highest BCUT2D eigenvalue weighted by Gasteiger charge is 2.51. The summed E-state index contributed by atoms with van der Waals surface area (Å²) in [5.41, 5.74) is -0.432. The number of carbonyl (C=O) groups excluding carboxylic acids is 3. The summed E-state index contributed by atoms with van der Waals surface area (Å²) in [6.07, 6.45) is 0.133. The second-order valence-electron chi connectivity index (χ2n) is 5.97. The number of nitrogens with one attached hydrogen (secondary N) is 1. The van der Waals surface area contributed by atoms with Crippen LogP contribution < -0.4 is 10.1 Å². The van der Waals surface area contributed by atoms with E-state index >= 15 is 0 Å². The smallest absolute Gasteiger partial charge is 0.330 e. The summed E-state index contributed by atoms with van der Waals surface area (Å²) in [6, 6.07) is 6.52. The minimum absolute atomic E-state index is 0.0172. The van der Waals surface area contributed by atoms with E-state index in [9.17, 15) is 14.4 Å². The lowest BCUT2D eigenvalue weighted by Crippen LogP contribution is -2.64. The van der Waals surface area contributed by atoms with Gasteiger partial charge in [-0.3, -0.25) is 19.8 Å². The topological polar surface area (TPSA) is 84.9 Å². The maximum atomic E-state index is 12.9. The van der Waals surface area contributed by atoms with Gasteiger partial charge in [0.1, 0.15) is 17.3 Å². The Balaban J connectivity index is 2.30. The zero-order chi connectivity index (χ0) is 18.6. The Morgan fingerprint density at radius 3 is 2.40 bits per heavy atom. The number of hydrogen-bond donors (Lipinski definition) is 1. The van der Waals surface area contributed by atoms with E-state index in [1.807, 2.05) is 12.1 Å². The van der Waals surface area contributed by atoms with Crippen molar-refractivity contribution in [1.82, 2.24) is 10.2 Å². The van der Waals surface area contributed by atoms with Gasteiger partial charge in [-0.05, 0) is 30.5 Å². The van der Waals surface area contributed by atoms with E-state index < -0.39 is 29.4 Å². The molecule has 4 amide bonds. The fourth-order valence-corrected chi connectivity index (χ4v) is 3.09. The van der Waals surface area contributed by atoms with Gasteiger partial charge in [-0.1, -0.05) is 26.0 Å². The van der Waals surface area contributed by atoms with Crippen molar-refractivity contribution in [2.45, 2.75) is 32.8 Å². The number of barbiturate groups is 1. The van der Waals surface area contributed by atoms with Crippen molar-refractivity contribution in [3.8, 4) is 5.75 Å². The molecule has 0 spiro atoms. The summed E-state index contributed by atoms with van der Waals surface area (Å²) in [4.78, 5) is 38.4. The van der Waals surface area contributed by atoms with Crippen LogP contribution in [0.15, 0.2) is 24.3 Å². The lowest BCUT2D eigenvalue weighted by molar-refractivity contribution is -0.153. The van der Waals surface area contributed by atoms with Crippen LogP contribution in [0.3, 0.4) is 0 Å². The number of amides is 4. The van der Waals surface area contributed by atoms with Crippen LogP contribution in [0.2, 0.25) is 0 Å². The monoisotopic (exact) mass is 348 g/mol. The molecule has 136 valence electrons. The second kappa shape index (κ2) is 7.65. The first kappa shape index (κ1) is 18.9. The lowest BCUT2D eigenvalue weighted by Gasteiger charge is -2.39. The molecular weight excluding hydrogens is 324 g/mol. The molecule has 1 saturated heterocycles. The van der Waals surface area contributed by atoms with Crippen LogP contribution in [0.25, 0.3) is 0 Å². The van der Waals surface area contributed by atoms with E-state index in [-0.39, 0.29) is 6.54 Å². The zero-order valence-corrected chi connectivity index (χ0v) is 15.0. The minimum Gasteiger partial charge on any atom is -0.497 e. The first-order valence-corrected chi connectivity index (χ1v) is 8.27. The molecule has 0 radical (unpaired) electrons. The van der Waals surface area contributed by atoms with Gasteiger partial charge in [0.05, 0.1) is 13.7 Å². The molecule has 1 heterocycles. The van der Waals surface area contributed by atoms with Gasteiger partial charge in [-0.15, -0.1) is 0 Å². The highest BCUT2D eigenvalue weighted by Crippen LogP contribution is 2.33. The minimum atomic E-state index is -1.21. The van der Waals surface area contributed by atoms with E-state index in [0.717, 1.165) is 10.5 Å². The largest absolute Gasteiger partial charge is 0.497 e. The lowest BCUT2D eigenvalue weighted by atomic mass is 9.78. The maximum absolute atomic E-state index is 12.9. The maximum Gasteiger partial charge on any atom is 0.330 e. The number of benzene rings is 1. The SMILES string of the molecule is CCC1(CC)C(=O)NC(=O)N(CC(OC)c2cccc(OC)c2)C1=O. The first-order chi connectivity index (χ1) is 11.9. The van der Waals surface area contributed by atoms with Crippen LogP contribution in [0, 0.1) is 5.41 Å². The van der Waals surface area contributed by atoms with Crippen molar-refractivity contribution in [2.24, 2.45) is 5.41 Å². The van der Waals surface area contributed by atoms with Crippen molar-refractivity contribution in [3.63, 3.8) is 0 Å². The fraction of sp³-hybridized carbons (Fsp3) is 0.500. The quantitative estimate of drug-likeness (QED) is 0.764. The molecular formula is C18H24N2O5. The van der Waals surface area contributed by atoms with Crippen LogP contribution in [-0.4, -0.2) is 43.5 Å². The van der Waals surface area contributed by atoms with E-state index in [1.54, 1.807) is 33.1 Å². The van der Waals surface area contributed by atoms with Crippen LogP contribution in [0.4, 0.5) is 4.79 Å². The molecule has 1 unspecified atom stereocenters. The molecule has 2 rings (SSSR count). The van der Waals surface area contributed by atoms with Crippen molar-refractivity contribution < 1.29 is 23.9 Å². The molecule has 1 aliphatic heterocycles. The molecule has 0 aliphatic carbocycles. The third-order valence-corrected chi connectivity index (χ3v) is 4.86. The summed E-state index contributed by atoms with van der Waals surface area (Å²) >= 11 is 0. The number of carbonyl (C=O) groups is 3. The van der Waals surface area contributed by atoms with Crippen LogP contribution in [0.5, 0.6) is 5.75 Å². The average Bonchev–Trinajstić information content (AvgIpc) is 2.63. The molecule has 1 aromatic rings. The van der Waals surface area contributed by atoms with Gasteiger partial charge >= 0.3 is 6.03 Å². The third kappa shape index (κ3) is 3.37. The van der Waals surface area contributed by atoms with Crippen LogP contribution in [-0.2, 0) is 14.3 Å². The third-order valence-electron chi connectivity index (χ3n) is 4.86. The highest BCUT2D eigenvalue weighted by atomic mass is 16.5. The molecule has 1 aliphatic rings. The molecule has 1 aromatic carbocycles. The summed E-state index contributed by atoms with van der Waals surface area (Å²) in [6.45, 7) is 3.55. The average molecular weight is 348 g/mol. The zero-order valence-electron chi connectivity index (χ0n) is 15.0. The Kier molecular flexibility index (Phi) is 5.79. The standard InChI is InChI=1S/C18H24N2O5/c1-5-18(6-2)15(21)19-17(23)20(16(18)22)11-14(25-4)12-8-7-9-13(10-12)24-3/h7-10,14H,5-6,11H2,1-4H3,(H,19,21,23). The number of imide groups is 2. The van der Waals surface area contributed by atoms with E-state index in [1.165, 1.54) is 7.11 Å². The van der Waals surface area contributed by atoms with Gasteiger partial charge in [0.25, 0.3) is 0 Å². The number of ether oxygens (including phenoxy) is 2. The summed E-state index contributed by atoms with van der Waals surface area (Å²) < 4.78 is 10.7. The first-order valence-electron chi connectivity index (χ1n) is 8.27. The predicted molar refractivity (Wildman–Crippen MR) is 91.0 cm³/mol. The van der Waals surface area contributed by atoms with Crippen molar-refractivity contribution >= 4 is 17.8 Å². The molecule has 0 aromatic heterocycles. The van der Waals surface area contributed by atoms with E-state index in [4.69, 9.17) is 9.47 Å². The highest BCUT2D eigenvalue weighted by molar-refractivity contribution is 6.19. The number of nitrogens with zero attached hydrogens (tertiary/aromatic N) is 1. The Bertz CT molecular complexity index is 669. The molecule has 7 nitrogen and oxygen atoms in total. The number of methoxy groups -OCH3 is 2. The molecule has 25 heavy (non-hydrogen) atoms. The van der Waals surface area contributed by atoms with Crippen molar-refractivity contribution in [3.05, 3.63) is 29.8 Å². The van der Waals surface area contributed by atoms with Gasteiger partial charge < -0.3 is 9.47 Å². The van der Waals surface area contributed by atoms with Crippen molar-refractivity contribution in [1.29, 1.82) is 0 Å². The van der Waals surface area contributed by atoms with Crippen LogP contribution >= 0.6 is 0 Å². The van der Waals surface area contributed by atoms with E-state index in [0.29, 0.717) is 18.6 Å². The summed E-state index contributed by atoms with van der Waals surface area (Å²) in [5, 5.41) is 2.30. The fourth-order valence-electron chi connectivity index (χ4n) is 3.09. The Hall–Kier alpha value is -2.41. The molecule has 1 fully saturated rings. The molecule has 7 heteroatoms. The van der Waals surface area contributed by atoms with Gasteiger partial charge in [0.15, 0.2) is 0 Å². The van der Waals surface area contributed by atoms with Gasteiger partial charge in [0, 0.05) is 7.11 Å². The van der Waals surface area contributed by atoms with E-state index in [2.05, 4.69) is 5.32 Å². The second-order valence-corrected chi connectivity index (χ2v) is 5.97.